The van der Waals surface area contributed by atoms with Crippen LogP contribution in [0.4, 0.5) is 0 Å². The molecule has 5 nitrogen and oxygen atoms in total. The average molecular weight is 383 g/mol. The summed E-state index contributed by atoms with van der Waals surface area (Å²) in [6.45, 7) is 3.99. The zero-order valence-electron chi connectivity index (χ0n) is 16.9. The number of nitrogens with one attached hydrogen (secondary N) is 1. The zero-order chi connectivity index (χ0) is 19.8. The number of hydrogen-bond donors (Lipinski definition) is 1. The number of aryl methyl sites for hydroxylation is 1. The number of methoxy groups -OCH3 is 2. The Labute approximate surface area is 167 Å². The van der Waals surface area contributed by atoms with Crippen LogP contribution in [-0.4, -0.2) is 38.1 Å². The van der Waals surface area contributed by atoms with Gasteiger partial charge in [-0.25, -0.2) is 0 Å². The van der Waals surface area contributed by atoms with Crippen LogP contribution < -0.4 is 14.8 Å². The van der Waals surface area contributed by atoms with E-state index in [1.807, 2.05) is 18.2 Å². The van der Waals surface area contributed by atoms with Crippen molar-refractivity contribution in [3.8, 4) is 11.5 Å². The largest absolute Gasteiger partial charge is 0.497 e. The molecule has 0 spiro atoms. The highest BCUT2D eigenvalue weighted by Crippen LogP contribution is 2.23. The molecule has 1 aliphatic heterocycles. The standard InChI is InChI=1S/C23H30N2O3/c1-27-21-13-20(14-22(15-21)28-2)9-10-23(26)24-16-18-5-7-19(8-6-18)17-25-11-3-4-12-25/h5-8,13-15H,3-4,9-12,16-17H2,1-2H3,(H,24,26). The van der Waals surface area contributed by atoms with Crippen LogP contribution in [0, 0.1) is 0 Å². The Morgan fingerprint density at radius 2 is 1.54 bits per heavy atom. The number of carbonyl (C=O) groups is 1. The number of benzene rings is 2. The lowest BCUT2D eigenvalue weighted by Crippen LogP contribution is -2.23. The normalized spacial score (nSPS) is 14.1. The smallest absolute Gasteiger partial charge is 0.220 e. The van der Waals surface area contributed by atoms with Gasteiger partial charge in [0.05, 0.1) is 14.2 Å². The van der Waals surface area contributed by atoms with Crippen molar-refractivity contribution >= 4 is 5.91 Å². The van der Waals surface area contributed by atoms with Gasteiger partial charge in [-0.2, -0.15) is 0 Å². The van der Waals surface area contributed by atoms with E-state index in [1.54, 1.807) is 14.2 Å². The van der Waals surface area contributed by atoms with E-state index in [9.17, 15) is 4.79 Å². The average Bonchev–Trinajstić information content (AvgIpc) is 3.24. The monoisotopic (exact) mass is 382 g/mol. The number of hydrogen-bond acceptors (Lipinski definition) is 4. The second kappa shape index (κ2) is 10.1. The highest BCUT2D eigenvalue weighted by molar-refractivity contribution is 5.76. The third-order valence-corrected chi connectivity index (χ3v) is 5.17. The Morgan fingerprint density at radius 1 is 0.929 bits per heavy atom. The minimum atomic E-state index is 0.0444. The topological polar surface area (TPSA) is 50.8 Å². The molecule has 3 rings (SSSR count). The fraction of sp³-hybridized carbons (Fsp3) is 0.435. The molecule has 0 bridgehead atoms. The van der Waals surface area contributed by atoms with E-state index < -0.39 is 0 Å². The molecule has 1 saturated heterocycles. The molecule has 1 N–H and O–H groups in total. The summed E-state index contributed by atoms with van der Waals surface area (Å²) in [5.41, 5.74) is 3.49. The molecule has 1 aliphatic rings. The van der Waals surface area contributed by atoms with E-state index in [0.29, 0.717) is 19.4 Å². The number of amides is 1. The molecular weight excluding hydrogens is 352 g/mol. The van der Waals surface area contributed by atoms with Crippen molar-refractivity contribution in [2.45, 2.75) is 38.8 Å². The van der Waals surface area contributed by atoms with Crippen LogP contribution >= 0.6 is 0 Å². The molecule has 150 valence electrons. The van der Waals surface area contributed by atoms with Crippen LogP contribution in [0.2, 0.25) is 0 Å². The van der Waals surface area contributed by atoms with Gasteiger partial charge in [-0.3, -0.25) is 9.69 Å². The molecule has 0 aliphatic carbocycles. The van der Waals surface area contributed by atoms with Crippen molar-refractivity contribution in [3.63, 3.8) is 0 Å². The molecule has 28 heavy (non-hydrogen) atoms. The van der Waals surface area contributed by atoms with Crippen LogP contribution in [0.5, 0.6) is 11.5 Å². The second-order valence-corrected chi connectivity index (χ2v) is 7.30. The van der Waals surface area contributed by atoms with Gasteiger partial charge in [0.25, 0.3) is 0 Å². The fourth-order valence-electron chi connectivity index (χ4n) is 3.52. The number of carbonyl (C=O) groups excluding carboxylic acids is 1. The third-order valence-electron chi connectivity index (χ3n) is 5.17. The molecule has 0 atom stereocenters. The van der Waals surface area contributed by atoms with Crippen LogP contribution in [0.15, 0.2) is 42.5 Å². The van der Waals surface area contributed by atoms with Gasteiger partial charge in [0.15, 0.2) is 0 Å². The van der Waals surface area contributed by atoms with Crippen LogP contribution in [0.3, 0.4) is 0 Å². The van der Waals surface area contributed by atoms with Gasteiger partial charge >= 0.3 is 0 Å². The van der Waals surface area contributed by atoms with Crippen molar-refractivity contribution < 1.29 is 14.3 Å². The summed E-state index contributed by atoms with van der Waals surface area (Å²) in [4.78, 5) is 14.7. The molecule has 0 radical (unpaired) electrons. The lowest BCUT2D eigenvalue weighted by molar-refractivity contribution is -0.121. The van der Waals surface area contributed by atoms with E-state index >= 15 is 0 Å². The maximum Gasteiger partial charge on any atom is 0.220 e. The summed E-state index contributed by atoms with van der Waals surface area (Å²) in [7, 11) is 3.25. The lowest BCUT2D eigenvalue weighted by atomic mass is 10.1. The molecule has 0 unspecified atom stereocenters. The predicted octanol–water partition coefficient (Wildman–Crippen LogP) is 3.55. The number of nitrogens with zero attached hydrogens (tertiary/aromatic N) is 1. The summed E-state index contributed by atoms with van der Waals surface area (Å²) in [6, 6.07) is 14.3. The third kappa shape index (κ3) is 5.99. The van der Waals surface area contributed by atoms with Crippen molar-refractivity contribution in [3.05, 3.63) is 59.2 Å². The fourth-order valence-corrected chi connectivity index (χ4v) is 3.52. The van der Waals surface area contributed by atoms with Gasteiger partial charge in [0.1, 0.15) is 11.5 Å². The van der Waals surface area contributed by atoms with Gasteiger partial charge in [0.2, 0.25) is 5.91 Å². The van der Waals surface area contributed by atoms with Crippen LogP contribution in [0.25, 0.3) is 0 Å². The highest BCUT2D eigenvalue weighted by Gasteiger charge is 2.11. The van der Waals surface area contributed by atoms with Gasteiger partial charge in [-0.15, -0.1) is 0 Å². The van der Waals surface area contributed by atoms with E-state index in [2.05, 4.69) is 34.5 Å². The summed E-state index contributed by atoms with van der Waals surface area (Å²) < 4.78 is 10.6. The summed E-state index contributed by atoms with van der Waals surface area (Å²) in [5, 5.41) is 3.01. The molecule has 0 aromatic heterocycles. The Kier molecular flexibility index (Phi) is 7.31. The van der Waals surface area contributed by atoms with E-state index in [0.717, 1.165) is 29.2 Å². The lowest BCUT2D eigenvalue weighted by Gasteiger charge is -2.14. The molecule has 5 heteroatoms. The first-order chi connectivity index (χ1) is 13.7. The number of likely N-dealkylation sites (tertiary alicyclic amines) is 1. The van der Waals surface area contributed by atoms with Gasteiger partial charge in [0, 0.05) is 25.6 Å². The number of ether oxygens (including phenoxy) is 2. The first-order valence-electron chi connectivity index (χ1n) is 9.95. The minimum absolute atomic E-state index is 0.0444. The van der Waals surface area contributed by atoms with Crippen molar-refractivity contribution in [1.82, 2.24) is 10.2 Å². The Balaban J connectivity index is 1.44. The van der Waals surface area contributed by atoms with Gasteiger partial charge in [-0.1, -0.05) is 24.3 Å². The minimum Gasteiger partial charge on any atom is -0.497 e. The van der Waals surface area contributed by atoms with E-state index in [4.69, 9.17) is 9.47 Å². The molecule has 1 fully saturated rings. The van der Waals surface area contributed by atoms with Crippen molar-refractivity contribution in [2.75, 3.05) is 27.3 Å². The molecule has 2 aromatic rings. The summed E-state index contributed by atoms with van der Waals surface area (Å²) >= 11 is 0. The zero-order valence-corrected chi connectivity index (χ0v) is 16.9. The van der Waals surface area contributed by atoms with Crippen LogP contribution in [-0.2, 0) is 24.3 Å². The van der Waals surface area contributed by atoms with Gasteiger partial charge < -0.3 is 14.8 Å². The predicted molar refractivity (Wildman–Crippen MR) is 111 cm³/mol. The molecular formula is C23H30N2O3. The molecule has 2 aromatic carbocycles. The first-order valence-corrected chi connectivity index (χ1v) is 9.95. The van der Waals surface area contributed by atoms with Crippen LogP contribution in [0.1, 0.15) is 36.0 Å². The summed E-state index contributed by atoms with van der Waals surface area (Å²) in [5.74, 6) is 1.52. The SMILES string of the molecule is COc1cc(CCC(=O)NCc2ccc(CN3CCCC3)cc2)cc(OC)c1. The van der Waals surface area contributed by atoms with E-state index in [1.165, 1.54) is 31.5 Å². The van der Waals surface area contributed by atoms with Crippen molar-refractivity contribution in [2.24, 2.45) is 0 Å². The quantitative estimate of drug-likeness (QED) is 0.721. The maximum absolute atomic E-state index is 12.2. The first kappa shape index (κ1) is 20.2. The Morgan fingerprint density at radius 3 is 2.14 bits per heavy atom. The highest BCUT2D eigenvalue weighted by atomic mass is 16.5. The van der Waals surface area contributed by atoms with E-state index in [-0.39, 0.29) is 5.91 Å². The Hall–Kier alpha value is -2.53. The Bertz CT molecular complexity index is 746. The second-order valence-electron chi connectivity index (χ2n) is 7.30. The molecule has 1 amide bonds. The maximum atomic E-state index is 12.2. The van der Waals surface area contributed by atoms with Gasteiger partial charge in [-0.05, 0) is 61.2 Å². The molecule has 0 saturated carbocycles. The molecule has 1 heterocycles. The number of rotatable bonds is 9. The summed E-state index contributed by atoms with van der Waals surface area (Å²) in [6.07, 6.45) is 3.71. The van der Waals surface area contributed by atoms with Crippen molar-refractivity contribution in [1.29, 1.82) is 0 Å².